The van der Waals surface area contributed by atoms with Crippen molar-refractivity contribution in [1.29, 1.82) is 0 Å². The molecule has 186 valence electrons. The van der Waals surface area contributed by atoms with E-state index < -0.39 is 11.9 Å². The van der Waals surface area contributed by atoms with Crippen molar-refractivity contribution in [2.24, 2.45) is 0 Å². The van der Waals surface area contributed by atoms with Gasteiger partial charge in [0.1, 0.15) is 5.00 Å². The largest absolute Gasteiger partial charge is 0.490 e. The van der Waals surface area contributed by atoms with E-state index in [1.165, 1.54) is 16.9 Å². The lowest BCUT2D eigenvalue weighted by Gasteiger charge is -2.27. The summed E-state index contributed by atoms with van der Waals surface area (Å²) in [7, 11) is 0. The van der Waals surface area contributed by atoms with Gasteiger partial charge in [0, 0.05) is 29.9 Å². The van der Waals surface area contributed by atoms with Gasteiger partial charge in [-0.25, -0.2) is 4.79 Å². The quantitative estimate of drug-likeness (QED) is 0.302. The maximum absolute atomic E-state index is 13.2. The Labute approximate surface area is 213 Å². The molecular weight excluding hydrogens is 476 g/mol. The third-order valence-corrected chi connectivity index (χ3v) is 7.26. The smallest absolute Gasteiger partial charge is 0.341 e. The van der Waals surface area contributed by atoms with Gasteiger partial charge in [-0.3, -0.25) is 9.69 Å². The monoisotopic (exact) mass is 504 g/mol. The zero-order valence-electron chi connectivity index (χ0n) is 20.3. The molecule has 5 rings (SSSR count). The van der Waals surface area contributed by atoms with Crippen LogP contribution in [0.1, 0.15) is 50.8 Å². The molecule has 1 aliphatic heterocycles. The maximum Gasteiger partial charge on any atom is 0.341 e. The Bertz CT molecular complexity index is 1390. The van der Waals surface area contributed by atoms with Gasteiger partial charge in [0.15, 0.2) is 17.1 Å². The lowest BCUT2D eigenvalue weighted by atomic mass is 10.0. The van der Waals surface area contributed by atoms with Gasteiger partial charge >= 0.3 is 5.97 Å². The second kappa shape index (κ2) is 10.6. The summed E-state index contributed by atoms with van der Waals surface area (Å²) >= 11 is 1.43. The molecule has 0 atom stereocenters. The molecule has 1 aliphatic rings. The number of furan rings is 1. The number of hydrogen-bond donors (Lipinski definition) is 1. The molecule has 3 heterocycles. The number of fused-ring (bicyclic) bond motifs is 2. The highest BCUT2D eigenvalue weighted by Crippen LogP contribution is 2.38. The van der Waals surface area contributed by atoms with E-state index in [1.54, 1.807) is 13.0 Å². The number of carbonyl (C=O) groups is 2. The topological polar surface area (TPSA) is 81.0 Å². The number of hydrogen-bond acceptors (Lipinski definition) is 7. The minimum Gasteiger partial charge on any atom is -0.490 e. The Hall–Kier alpha value is -3.62. The van der Waals surface area contributed by atoms with Crippen LogP contribution in [0.5, 0.6) is 5.75 Å². The summed E-state index contributed by atoms with van der Waals surface area (Å²) in [6.07, 6.45) is 0.713. The maximum atomic E-state index is 13.2. The third-order valence-electron chi connectivity index (χ3n) is 6.12. The van der Waals surface area contributed by atoms with E-state index in [9.17, 15) is 9.59 Å². The van der Waals surface area contributed by atoms with Gasteiger partial charge in [-0.05, 0) is 43.5 Å². The summed E-state index contributed by atoms with van der Waals surface area (Å²) in [5, 5.41) is 4.20. The first-order valence-electron chi connectivity index (χ1n) is 12.1. The fourth-order valence-corrected chi connectivity index (χ4v) is 5.80. The predicted molar refractivity (Wildman–Crippen MR) is 140 cm³/mol. The van der Waals surface area contributed by atoms with Crippen molar-refractivity contribution >= 4 is 39.2 Å². The van der Waals surface area contributed by atoms with Gasteiger partial charge < -0.3 is 19.2 Å². The number of thiophene rings is 1. The molecule has 0 aliphatic carbocycles. The fraction of sp³-hybridized carbons (Fsp3) is 0.286. The van der Waals surface area contributed by atoms with Crippen LogP contribution in [0.3, 0.4) is 0 Å². The van der Waals surface area contributed by atoms with Crippen molar-refractivity contribution in [2.75, 3.05) is 25.1 Å². The van der Waals surface area contributed by atoms with E-state index in [4.69, 9.17) is 13.9 Å². The van der Waals surface area contributed by atoms with Crippen LogP contribution in [0.4, 0.5) is 5.00 Å². The summed E-state index contributed by atoms with van der Waals surface area (Å²) in [6.45, 7) is 6.79. The number of amides is 1. The zero-order valence-corrected chi connectivity index (χ0v) is 21.2. The average molecular weight is 505 g/mol. The first kappa shape index (κ1) is 24.1. The second-order valence-corrected chi connectivity index (χ2v) is 9.65. The van der Waals surface area contributed by atoms with Crippen molar-refractivity contribution < 1.29 is 23.5 Å². The van der Waals surface area contributed by atoms with Crippen molar-refractivity contribution in [1.82, 2.24) is 4.90 Å². The van der Waals surface area contributed by atoms with Crippen molar-refractivity contribution in [2.45, 2.75) is 33.4 Å². The lowest BCUT2D eigenvalue weighted by Crippen LogP contribution is -2.29. The van der Waals surface area contributed by atoms with Crippen LogP contribution < -0.4 is 10.1 Å². The fourth-order valence-electron chi connectivity index (χ4n) is 4.52. The Morgan fingerprint density at radius 3 is 2.69 bits per heavy atom. The minimum absolute atomic E-state index is 0.157. The van der Waals surface area contributed by atoms with Crippen LogP contribution in [0.2, 0.25) is 0 Å². The Morgan fingerprint density at radius 1 is 1.08 bits per heavy atom. The van der Waals surface area contributed by atoms with E-state index >= 15 is 0 Å². The highest BCUT2D eigenvalue weighted by atomic mass is 32.1. The van der Waals surface area contributed by atoms with Crippen molar-refractivity contribution in [3.05, 3.63) is 81.9 Å². The number of nitrogens with zero attached hydrogens (tertiary/aromatic N) is 1. The SMILES string of the molecule is CCOC(=O)c1c(NC(=O)c2cc3cccc(OCC)c3o2)sc2c1CCN(Cc1ccccc1)C2. The number of benzene rings is 2. The number of ether oxygens (including phenoxy) is 2. The summed E-state index contributed by atoms with van der Waals surface area (Å²) in [5.41, 5.74) is 3.18. The third kappa shape index (κ3) is 4.87. The van der Waals surface area contributed by atoms with Crippen LogP contribution in [-0.2, 0) is 24.2 Å². The van der Waals surface area contributed by atoms with Gasteiger partial charge in [0.05, 0.1) is 18.8 Å². The molecule has 0 saturated carbocycles. The molecule has 36 heavy (non-hydrogen) atoms. The van der Waals surface area contributed by atoms with E-state index in [1.807, 2.05) is 43.3 Å². The Morgan fingerprint density at radius 2 is 1.92 bits per heavy atom. The summed E-state index contributed by atoms with van der Waals surface area (Å²) in [6, 6.07) is 17.5. The van der Waals surface area contributed by atoms with E-state index in [-0.39, 0.29) is 12.4 Å². The van der Waals surface area contributed by atoms with E-state index in [0.29, 0.717) is 41.5 Å². The van der Waals surface area contributed by atoms with Gasteiger partial charge in [0.2, 0.25) is 0 Å². The zero-order chi connectivity index (χ0) is 25.1. The molecule has 7 nitrogen and oxygen atoms in total. The molecule has 1 amide bonds. The number of carbonyl (C=O) groups excluding carboxylic acids is 2. The molecule has 8 heteroatoms. The number of esters is 1. The average Bonchev–Trinajstić information content (AvgIpc) is 3.47. The Balaban J connectivity index is 1.42. The minimum atomic E-state index is -0.418. The molecule has 0 spiro atoms. The molecule has 4 aromatic rings. The number of para-hydroxylation sites is 1. The van der Waals surface area contributed by atoms with Crippen LogP contribution >= 0.6 is 11.3 Å². The second-order valence-electron chi connectivity index (χ2n) is 8.55. The Kier molecular flexibility index (Phi) is 7.06. The molecule has 0 bridgehead atoms. The molecule has 0 unspecified atom stereocenters. The first-order chi connectivity index (χ1) is 17.6. The first-order valence-corrected chi connectivity index (χ1v) is 12.9. The molecule has 2 aromatic carbocycles. The van der Waals surface area contributed by atoms with Crippen LogP contribution in [0, 0.1) is 0 Å². The number of rotatable bonds is 8. The number of nitrogens with one attached hydrogen (secondary N) is 1. The van der Waals surface area contributed by atoms with E-state index in [2.05, 4.69) is 22.3 Å². The van der Waals surface area contributed by atoms with Gasteiger partial charge in [0.25, 0.3) is 5.91 Å². The highest BCUT2D eigenvalue weighted by Gasteiger charge is 2.30. The van der Waals surface area contributed by atoms with Crippen LogP contribution in [0.25, 0.3) is 11.0 Å². The van der Waals surface area contributed by atoms with Crippen molar-refractivity contribution in [3.63, 3.8) is 0 Å². The van der Waals surface area contributed by atoms with Gasteiger partial charge in [-0.1, -0.05) is 42.5 Å². The summed E-state index contributed by atoms with van der Waals surface area (Å²) in [4.78, 5) is 29.5. The lowest BCUT2D eigenvalue weighted by molar-refractivity contribution is 0.0526. The van der Waals surface area contributed by atoms with Gasteiger partial charge in [-0.2, -0.15) is 0 Å². The molecule has 2 aromatic heterocycles. The summed E-state index contributed by atoms with van der Waals surface area (Å²) < 4.78 is 16.8. The molecule has 0 radical (unpaired) electrons. The predicted octanol–water partition coefficient (Wildman–Crippen LogP) is 5.88. The van der Waals surface area contributed by atoms with Crippen LogP contribution in [-0.4, -0.2) is 36.5 Å². The molecule has 0 saturated heterocycles. The van der Waals surface area contributed by atoms with E-state index in [0.717, 1.165) is 28.9 Å². The number of anilines is 1. The molecular formula is C28H28N2O5S. The van der Waals surface area contributed by atoms with Crippen molar-refractivity contribution in [3.8, 4) is 5.75 Å². The van der Waals surface area contributed by atoms with Gasteiger partial charge in [-0.15, -0.1) is 11.3 Å². The molecule has 1 N–H and O–H groups in total. The van der Waals surface area contributed by atoms with Crippen LogP contribution in [0.15, 0.2) is 59.0 Å². The molecule has 0 fully saturated rings. The summed E-state index contributed by atoms with van der Waals surface area (Å²) in [5.74, 6) is -0.0839. The normalized spacial score (nSPS) is 13.4. The highest BCUT2D eigenvalue weighted by molar-refractivity contribution is 7.17. The standard InChI is InChI=1S/C28H28N2O5S/c1-3-33-21-12-8-11-19-15-22(35-25(19)21)26(31)29-27-24(28(32)34-4-2)20-13-14-30(17-23(20)36-27)16-18-9-6-5-7-10-18/h5-12,15H,3-4,13-14,16-17H2,1-2H3,(H,29,31).